The van der Waals surface area contributed by atoms with E-state index in [4.69, 9.17) is 9.72 Å². The zero-order valence-corrected chi connectivity index (χ0v) is 37.3. The molecule has 0 spiro atoms. The molecule has 0 amide bonds. The lowest BCUT2D eigenvalue weighted by Gasteiger charge is -2.20. The van der Waals surface area contributed by atoms with Crippen LogP contribution in [0.4, 0.5) is 0 Å². The smallest absolute Gasteiger partial charge is 0.268 e. The Bertz CT molecular complexity index is 4040. The van der Waals surface area contributed by atoms with Gasteiger partial charge in [0.25, 0.3) is 6.33 Å². The Balaban J connectivity index is 1.15. The fraction of sp³-hybridized carbons (Fsp3) is 0.0667. The van der Waals surface area contributed by atoms with Crippen molar-refractivity contribution in [3.05, 3.63) is 225 Å². The summed E-state index contributed by atoms with van der Waals surface area (Å²) < 4.78 is 18.2. The standard InChI is InChI=1S/C60H44N6O/c1-60(2,3)40-32-33-61-53(36-40)66-52-38-46(67-45-25-17-24-44(37-45)63-35-34-62(39-63)41-18-7-4-8-19-41)30-31-49(52)55-54-47-26-13-15-28-50(47)64(42-20-9-5-10-21-42)57(54)56-48-27-14-16-29-51(48)65(59(56)58(55)66)43-22-11-6-12-23-43/h4-38H,1-3H3. The van der Waals surface area contributed by atoms with Gasteiger partial charge in [0.2, 0.25) is 0 Å². The maximum absolute atomic E-state index is 6.88. The summed E-state index contributed by atoms with van der Waals surface area (Å²) in [7, 11) is 0. The number of nitrogens with zero attached hydrogens (tertiary/aromatic N) is 6. The van der Waals surface area contributed by atoms with E-state index in [1.54, 1.807) is 0 Å². The van der Waals surface area contributed by atoms with E-state index in [0.717, 1.165) is 78.4 Å². The maximum atomic E-state index is 6.88. The van der Waals surface area contributed by atoms with E-state index in [1.807, 2.05) is 58.1 Å². The summed E-state index contributed by atoms with van der Waals surface area (Å²) in [6.07, 6.45) is 9.45. The number of rotatable bonds is 7. The Kier molecular flexibility index (Phi) is 8.64. The van der Waals surface area contributed by atoms with Crippen molar-refractivity contribution in [1.29, 1.82) is 0 Å². The number of hydrogen-bond donors (Lipinski definition) is 0. The second kappa shape index (κ2) is 14.9. The highest BCUT2D eigenvalue weighted by Gasteiger charge is 2.29. The molecular formula is C60H44N6O. The zero-order valence-electron chi connectivity index (χ0n) is 37.3. The quantitative estimate of drug-likeness (QED) is 0.118. The predicted molar refractivity (Wildman–Crippen MR) is 272 cm³/mol. The van der Waals surface area contributed by atoms with Gasteiger partial charge in [-0.15, -0.1) is 0 Å². The van der Waals surface area contributed by atoms with Crippen molar-refractivity contribution in [2.24, 2.45) is 0 Å². The molecule has 13 rings (SSSR count). The molecule has 0 unspecified atom stereocenters. The van der Waals surface area contributed by atoms with E-state index in [2.05, 4.69) is 205 Å². The van der Waals surface area contributed by atoms with E-state index in [1.165, 1.54) is 32.6 Å². The van der Waals surface area contributed by atoms with Crippen molar-refractivity contribution in [3.8, 4) is 40.1 Å². The van der Waals surface area contributed by atoms with E-state index >= 15 is 0 Å². The molecule has 0 saturated carbocycles. The number of ether oxygens (including phenoxy) is 1. The van der Waals surface area contributed by atoms with Gasteiger partial charge in [-0.3, -0.25) is 13.7 Å². The molecule has 0 radical (unpaired) electrons. The first-order chi connectivity index (χ1) is 32.9. The third-order valence-corrected chi connectivity index (χ3v) is 13.2. The Morgan fingerprint density at radius 3 is 1.73 bits per heavy atom. The van der Waals surface area contributed by atoms with E-state index in [9.17, 15) is 0 Å². The lowest BCUT2D eigenvalue weighted by Crippen LogP contribution is -2.28. The second-order valence-electron chi connectivity index (χ2n) is 18.3. The van der Waals surface area contributed by atoms with Gasteiger partial charge >= 0.3 is 0 Å². The van der Waals surface area contributed by atoms with Gasteiger partial charge in [-0.05, 0) is 102 Å². The van der Waals surface area contributed by atoms with Crippen LogP contribution in [-0.2, 0) is 5.41 Å². The summed E-state index contributed by atoms with van der Waals surface area (Å²) in [6.45, 7) is 6.79. The summed E-state index contributed by atoms with van der Waals surface area (Å²) >= 11 is 0. The number of hydrogen-bond acceptors (Lipinski definition) is 2. The molecule has 0 fully saturated rings. The topological polar surface area (TPSA) is 45.7 Å². The van der Waals surface area contributed by atoms with Crippen molar-refractivity contribution < 1.29 is 9.30 Å². The van der Waals surface area contributed by atoms with Gasteiger partial charge < -0.3 is 13.9 Å². The highest BCUT2D eigenvalue weighted by molar-refractivity contribution is 6.40. The van der Waals surface area contributed by atoms with Gasteiger partial charge in [-0.25, -0.2) is 4.98 Å². The average Bonchev–Trinajstić information content (AvgIpc) is 4.15. The van der Waals surface area contributed by atoms with E-state index in [0.29, 0.717) is 0 Å². The Morgan fingerprint density at radius 1 is 0.478 bits per heavy atom. The Hall–Kier alpha value is -8.68. The molecule has 0 aliphatic carbocycles. The van der Waals surface area contributed by atoms with Crippen LogP contribution in [0.3, 0.4) is 0 Å². The lowest BCUT2D eigenvalue weighted by molar-refractivity contribution is -0.599. The largest absolute Gasteiger partial charge is 0.458 e. The Morgan fingerprint density at radius 2 is 1.04 bits per heavy atom. The van der Waals surface area contributed by atoms with Crippen LogP contribution in [0.2, 0.25) is 0 Å². The molecule has 0 aliphatic heterocycles. The number of para-hydroxylation sites is 5. The summed E-state index contributed by atoms with van der Waals surface area (Å²) in [4.78, 5) is 5.24. The lowest BCUT2D eigenvalue weighted by atomic mass is 9.88. The van der Waals surface area contributed by atoms with Crippen LogP contribution in [0.25, 0.3) is 94.0 Å². The molecule has 0 aliphatic rings. The van der Waals surface area contributed by atoms with Gasteiger partial charge in [0.1, 0.15) is 17.3 Å². The van der Waals surface area contributed by atoms with Crippen molar-refractivity contribution in [3.63, 3.8) is 0 Å². The fourth-order valence-electron chi connectivity index (χ4n) is 10.2. The summed E-state index contributed by atoms with van der Waals surface area (Å²) in [5.74, 6) is 2.29. The molecule has 0 N–H and O–H groups in total. The van der Waals surface area contributed by atoms with Crippen LogP contribution in [0.1, 0.15) is 26.3 Å². The van der Waals surface area contributed by atoms with Crippen LogP contribution in [0.5, 0.6) is 11.5 Å². The van der Waals surface area contributed by atoms with Gasteiger partial charge in [0.05, 0.1) is 44.5 Å². The van der Waals surface area contributed by atoms with Crippen LogP contribution >= 0.6 is 0 Å². The maximum Gasteiger partial charge on any atom is 0.268 e. The third kappa shape index (κ3) is 6.12. The SMILES string of the molecule is CC(C)(C)c1ccnc(-n2c3cc(Oc4cccc(-[n+]5[c-]n(-c6ccccc6)cc5)c4)ccc3c3c4c5ccccc5n(-c5ccccc5)c4c4c5ccccc5n(-c5ccccc5)c4c32)c1. The fourth-order valence-corrected chi connectivity index (χ4v) is 10.2. The normalized spacial score (nSPS) is 12.1. The monoisotopic (exact) mass is 864 g/mol. The first-order valence-electron chi connectivity index (χ1n) is 22.8. The highest BCUT2D eigenvalue weighted by Crippen LogP contribution is 2.50. The van der Waals surface area contributed by atoms with Crippen LogP contribution < -0.4 is 9.30 Å². The Labute approximate surface area is 387 Å². The summed E-state index contributed by atoms with van der Waals surface area (Å²) in [6, 6.07) is 68.7. The van der Waals surface area contributed by atoms with Crippen LogP contribution in [0.15, 0.2) is 213 Å². The molecule has 67 heavy (non-hydrogen) atoms. The molecule has 5 heterocycles. The number of aromatic nitrogens is 6. The number of pyridine rings is 1. The highest BCUT2D eigenvalue weighted by atomic mass is 16.5. The van der Waals surface area contributed by atoms with E-state index < -0.39 is 0 Å². The second-order valence-corrected chi connectivity index (χ2v) is 18.3. The molecule has 0 atom stereocenters. The van der Waals surface area contributed by atoms with Crippen molar-refractivity contribution in [2.45, 2.75) is 26.2 Å². The van der Waals surface area contributed by atoms with Gasteiger partial charge in [-0.1, -0.05) is 118 Å². The number of imidazole rings is 1. The van der Waals surface area contributed by atoms with Gasteiger partial charge in [0.15, 0.2) is 0 Å². The minimum Gasteiger partial charge on any atom is -0.458 e. The third-order valence-electron chi connectivity index (χ3n) is 13.2. The summed E-state index contributed by atoms with van der Waals surface area (Å²) in [5.41, 5.74) is 11.9. The minimum atomic E-state index is -0.113. The molecule has 5 aromatic heterocycles. The van der Waals surface area contributed by atoms with E-state index in [-0.39, 0.29) is 5.41 Å². The van der Waals surface area contributed by atoms with Crippen molar-refractivity contribution in [2.75, 3.05) is 0 Å². The van der Waals surface area contributed by atoms with Crippen molar-refractivity contribution >= 4 is 65.4 Å². The molecule has 0 saturated heterocycles. The average molecular weight is 865 g/mol. The van der Waals surface area contributed by atoms with Crippen molar-refractivity contribution in [1.82, 2.24) is 23.3 Å². The first kappa shape index (κ1) is 38.8. The summed E-state index contributed by atoms with van der Waals surface area (Å²) in [5, 5.41) is 7.02. The first-order valence-corrected chi connectivity index (χ1v) is 22.8. The van der Waals surface area contributed by atoms with Crippen LogP contribution in [0, 0.1) is 6.33 Å². The molecule has 320 valence electrons. The molecule has 8 aromatic carbocycles. The molecule has 7 nitrogen and oxygen atoms in total. The van der Waals surface area contributed by atoms with Crippen LogP contribution in [-0.4, -0.2) is 23.3 Å². The number of benzene rings is 8. The molecule has 0 bridgehead atoms. The molecular weight excluding hydrogens is 821 g/mol. The minimum absolute atomic E-state index is 0.113. The van der Waals surface area contributed by atoms with Gasteiger partial charge in [-0.2, -0.15) is 0 Å². The molecule has 7 heteroatoms. The molecule has 13 aromatic rings. The zero-order chi connectivity index (χ0) is 44.8. The predicted octanol–water partition coefficient (Wildman–Crippen LogP) is 14.3. The number of fused-ring (bicyclic) bond motifs is 12. The van der Waals surface area contributed by atoms with Gasteiger partial charge in [0, 0.05) is 68.3 Å².